The van der Waals surface area contributed by atoms with Gasteiger partial charge in [0.05, 0.1) is 11.4 Å². The van der Waals surface area contributed by atoms with Gasteiger partial charge in [-0.15, -0.1) is 11.3 Å². The maximum absolute atomic E-state index is 5.17. The molecule has 258 valence electrons. The molecule has 0 aliphatic rings. The molecule has 0 radical (unpaired) electrons. The van der Waals surface area contributed by atoms with E-state index in [1.54, 1.807) is 11.3 Å². The zero-order valence-electron chi connectivity index (χ0n) is 29.5. The zero-order valence-corrected chi connectivity index (χ0v) is 30.4. The van der Waals surface area contributed by atoms with E-state index >= 15 is 0 Å². The van der Waals surface area contributed by atoms with E-state index in [-0.39, 0.29) is 0 Å². The van der Waals surface area contributed by atoms with Crippen LogP contribution in [-0.4, -0.2) is 24.9 Å². The van der Waals surface area contributed by atoms with Crippen LogP contribution in [0.15, 0.2) is 188 Å². The van der Waals surface area contributed by atoms with Crippen molar-refractivity contribution in [3.63, 3.8) is 0 Å². The highest BCUT2D eigenvalue weighted by Crippen LogP contribution is 2.41. The highest BCUT2D eigenvalue weighted by Gasteiger charge is 2.18. The van der Waals surface area contributed by atoms with Crippen LogP contribution in [0.25, 0.3) is 99.4 Å². The van der Waals surface area contributed by atoms with Gasteiger partial charge < -0.3 is 0 Å². The minimum absolute atomic E-state index is 0.643. The molecule has 55 heavy (non-hydrogen) atoms. The molecular weight excluding hydrogens is 691 g/mol. The lowest BCUT2D eigenvalue weighted by Crippen LogP contribution is -2.00. The third-order valence-electron chi connectivity index (χ3n) is 9.78. The van der Waals surface area contributed by atoms with E-state index in [0.717, 1.165) is 64.9 Å². The Morgan fingerprint density at radius 1 is 0.291 bits per heavy atom. The molecule has 5 nitrogen and oxygen atoms in total. The van der Waals surface area contributed by atoms with Crippen molar-refractivity contribution < 1.29 is 0 Å². The summed E-state index contributed by atoms with van der Waals surface area (Å²) in [6, 6.07) is 64.6. The molecule has 10 rings (SSSR count). The van der Waals surface area contributed by atoms with Crippen LogP contribution in [0.3, 0.4) is 0 Å². The lowest BCUT2D eigenvalue weighted by molar-refractivity contribution is 1.08. The first kappa shape index (κ1) is 32.5. The normalized spacial score (nSPS) is 11.3. The second-order valence-electron chi connectivity index (χ2n) is 13.3. The van der Waals surface area contributed by atoms with Crippen LogP contribution in [0.5, 0.6) is 0 Å². The van der Waals surface area contributed by atoms with Crippen molar-refractivity contribution in [2.45, 2.75) is 0 Å². The molecule has 0 amide bonds. The average Bonchev–Trinajstić information content (AvgIpc) is 3.66. The molecule has 3 aromatic heterocycles. The quantitative estimate of drug-likeness (QED) is 0.164. The van der Waals surface area contributed by atoms with E-state index in [4.69, 9.17) is 24.9 Å². The summed E-state index contributed by atoms with van der Waals surface area (Å²) in [5.41, 5.74) is 10.0. The fraction of sp³-hybridized carbons (Fsp3) is 0. The minimum atomic E-state index is 0.643. The zero-order chi connectivity index (χ0) is 36.6. The number of benzene rings is 7. The monoisotopic (exact) mass is 721 g/mol. The van der Waals surface area contributed by atoms with Crippen molar-refractivity contribution in [1.82, 2.24) is 24.9 Å². The Hall–Kier alpha value is -7.15. The van der Waals surface area contributed by atoms with E-state index in [9.17, 15) is 0 Å². The molecule has 0 unspecified atom stereocenters. The van der Waals surface area contributed by atoms with Crippen LogP contribution >= 0.6 is 11.3 Å². The molecule has 0 spiro atoms. The Labute approximate surface area is 322 Å². The number of fused-ring (bicyclic) bond motifs is 3. The summed E-state index contributed by atoms with van der Waals surface area (Å²) >= 11 is 1.75. The molecule has 0 saturated heterocycles. The third-order valence-corrected chi connectivity index (χ3v) is 10.9. The van der Waals surface area contributed by atoms with Gasteiger partial charge in [0.15, 0.2) is 23.3 Å². The maximum atomic E-state index is 5.17. The van der Waals surface area contributed by atoms with Crippen molar-refractivity contribution in [3.05, 3.63) is 188 Å². The minimum Gasteiger partial charge on any atom is -0.228 e. The molecule has 0 atom stereocenters. The Balaban J connectivity index is 1.10. The number of nitrogens with zero attached hydrogens (tertiary/aromatic N) is 5. The summed E-state index contributed by atoms with van der Waals surface area (Å²) in [5, 5.41) is 2.26. The van der Waals surface area contributed by atoms with Crippen LogP contribution in [0.4, 0.5) is 0 Å². The van der Waals surface area contributed by atoms with Crippen LogP contribution in [-0.2, 0) is 0 Å². The van der Waals surface area contributed by atoms with Gasteiger partial charge in [-0.25, -0.2) is 24.9 Å². The number of rotatable bonds is 7. The lowest BCUT2D eigenvalue weighted by atomic mass is 10.0. The van der Waals surface area contributed by atoms with Crippen LogP contribution < -0.4 is 0 Å². The lowest BCUT2D eigenvalue weighted by Gasteiger charge is -2.11. The Morgan fingerprint density at radius 3 is 1.35 bits per heavy atom. The van der Waals surface area contributed by atoms with Gasteiger partial charge in [0.1, 0.15) is 0 Å². The maximum Gasteiger partial charge on any atom is 0.164 e. The molecule has 7 aromatic carbocycles. The van der Waals surface area contributed by atoms with Crippen LogP contribution in [0.1, 0.15) is 0 Å². The fourth-order valence-electron chi connectivity index (χ4n) is 7.03. The van der Waals surface area contributed by atoms with Crippen molar-refractivity contribution in [2.24, 2.45) is 0 Å². The van der Waals surface area contributed by atoms with E-state index in [1.807, 2.05) is 84.9 Å². The van der Waals surface area contributed by atoms with Gasteiger partial charge >= 0.3 is 0 Å². The predicted octanol–water partition coefficient (Wildman–Crippen LogP) is 12.7. The average molecular weight is 722 g/mol. The molecular formula is C49H31N5S. The number of hydrogen-bond acceptors (Lipinski definition) is 6. The van der Waals surface area contributed by atoms with Crippen molar-refractivity contribution >= 4 is 31.5 Å². The van der Waals surface area contributed by atoms with Gasteiger partial charge in [0, 0.05) is 53.6 Å². The van der Waals surface area contributed by atoms with Crippen LogP contribution in [0.2, 0.25) is 0 Å². The Kier molecular flexibility index (Phi) is 8.28. The Morgan fingerprint density at radius 2 is 0.745 bits per heavy atom. The van der Waals surface area contributed by atoms with Gasteiger partial charge in [-0.3, -0.25) is 0 Å². The molecule has 10 aromatic rings. The van der Waals surface area contributed by atoms with E-state index in [1.165, 1.54) is 11.1 Å². The SMILES string of the molecule is c1ccc(-c2ccc(-c3cc(-c4ccccc4)nc(-c4ccc5c(c4)sc4cccc(-c6nc(-c7ccccc7)nc(-c7ccccc7)n6)c45)n3)cc2)cc1. The molecule has 6 heteroatoms. The second-order valence-corrected chi connectivity index (χ2v) is 14.4. The molecule has 0 aliphatic heterocycles. The standard InChI is InChI=1S/C49H31N5S/c1-5-14-32(15-6-1)33-24-26-35(27-25-33)42-31-41(34-16-7-2-8-17-34)50-48(51-42)38-28-29-39-44(30-38)55-43-23-13-22-40(45(39)43)49-53-46(36-18-9-3-10-19-36)52-47(54-49)37-20-11-4-12-21-37/h1-31H. The molecule has 0 saturated carbocycles. The second kappa shape index (κ2) is 14.0. The number of aromatic nitrogens is 5. The molecule has 0 aliphatic carbocycles. The van der Waals surface area contributed by atoms with Crippen molar-refractivity contribution in [2.75, 3.05) is 0 Å². The molecule has 0 bridgehead atoms. The summed E-state index contributed by atoms with van der Waals surface area (Å²) in [4.78, 5) is 25.3. The topological polar surface area (TPSA) is 64.5 Å². The molecule has 0 fully saturated rings. The van der Waals surface area contributed by atoms with Crippen molar-refractivity contribution in [1.29, 1.82) is 0 Å². The first-order chi connectivity index (χ1) is 27.2. The van der Waals surface area contributed by atoms with Gasteiger partial charge in [-0.2, -0.15) is 0 Å². The fourth-order valence-corrected chi connectivity index (χ4v) is 8.20. The van der Waals surface area contributed by atoms with Gasteiger partial charge in [0.2, 0.25) is 0 Å². The summed E-state index contributed by atoms with van der Waals surface area (Å²) in [6.45, 7) is 0. The predicted molar refractivity (Wildman–Crippen MR) is 226 cm³/mol. The van der Waals surface area contributed by atoms with E-state index in [0.29, 0.717) is 23.3 Å². The Bertz CT molecular complexity index is 2890. The smallest absolute Gasteiger partial charge is 0.164 e. The highest BCUT2D eigenvalue weighted by molar-refractivity contribution is 7.26. The van der Waals surface area contributed by atoms with E-state index in [2.05, 4.69) is 103 Å². The third kappa shape index (κ3) is 6.35. The van der Waals surface area contributed by atoms with E-state index < -0.39 is 0 Å². The van der Waals surface area contributed by atoms with Crippen LogP contribution in [0, 0.1) is 0 Å². The number of thiophene rings is 1. The summed E-state index contributed by atoms with van der Waals surface area (Å²) in [7, 11) is 0. The van der Waals surface area contributed by atoms with Gasteiger partial charge in [0.25, 0.3) is 0 Å². The summed E-state index contributed by atoms with van der Waals surface area (Å²) < 4.78 is 2.30. The summed E-state index contributed by atoms with van der Waals surface area (Å²) in [5.74, 6) is 2.61. The molecule has 3 heterocycles. The van der Waals surface area contributed by atoms with Gasteiger partial charge in [-0.1, -0.05) is 170 Å². The number of hydrogen-bond donors (Lipinski definition) is 0. The summed E-state index contributed by atoms with van der Waals surface area (Å²) in [6.07, 6.45) is 0. The van der Waals surface area contributed by atoms with Gasteiger partial charge in [-0.05, 0) is 29.3 Å². The first-order valence-corrected chi connectivity index (χ1v) is 19.0. The largest absolute Gasteiger partial charge is 0.228 e. The van der Waals surface area contributed by atoms with Crippen molar-refractivity contribution in [3.8, 4) is 79.2 Å². The molecule has 0 N–H and O–H groups in total. The highest BCUT2D eigenvalue weighted by atomic mass is 32.1. The first-order valence-electron chi connectivity index (χ1n) is 18.2.